The quantitative estimate of drug-likeness (QED) is 0.509. The normalized spacial score (nSPS) is 16.7. The zero-order chi connectivity index (χ0) is 18.5. The van der Waals surface area contributed by atoms with Gasteiger partial charge < -0.3 is 9.47 Å². The van der Waals surface area contributed by atoms with Gasteiger partial charge in [0, 0.05) is 22.8 Å². The van der Waals surface area contributed by atoms with Gasteiger partial charge in [-0.15, -0.1) is 16.4 Å². The minimum atomic E-state index is 0.212. The lowest BCUT2D eigenvalue weighted by Crippen LogP contribution is -2.16. The topological polar surface area (TPSA) is 75.0 Å². The third-order valence-corrected chi connectivity index (χ3v) is 6.14. The zero-order valence-electron chi connectivity index (χ0n) is 14.5. The van der Waals surface area contributed by atoms with Crippen LogP contribution in [0.1, 0.15) is 23.5 Å². The molecule has 0 radical (unpaired) electrons. The summed E-state index contributed by atoms with van der Waals surface area (Å²) in [5, 5.41) is 16.4. The summed E-state index contributed by atoms with van der Waals surface area (Å²) in [5.74, 6) is 1.49. The molecule has 1 aliphatic rings. The van der Waals surface area contributed by atoms with E-state index in [1.165, 1.54) is 0 Å². The van der Waals surface area contributed by atoms with Crippen molar-refractivity contribution < 1.29 is 9.47 Å². The molecule has 1 atom stereocenters. The van der Waals surface area contributed by atoms with E-state index in [1.807, 2.05) is 34.3 Å². The van der Waals surface area contributed by atoms with Crippen LogP contribution in [0.4, 0.5) is 0 Å². The number of nitrogens with zero attached hydrogens (tertiary/aromatic N) is 5. The van der Waals surface area contributed by atoms with E-state index in [2.05, 4.69) is 20.5 Å². The number of ether oxygens (including phenoxy) is 2. The summed E-state index contributed by atoms with van der Waals surface area (Å²) >= 11 is 9.04. The van der Waals surface area contributed by atoms with Crippen LogP contribution in [0.15, 0.2) is 34.8 Å². The lowest BCUT2D eigenvalue weighted by Gasteiger charge is -2.09. The Morgan fingerprint density at radius 1 is 1.33 bits per heavy atom. The van der Waals surface area contributed by atoms with Crippen LogP contribution in [0.25, 0.3) is 0 Å². The van der Waals surface area contributed by atoms with Gasteiger partial charge in [0.2, 0.25) is 5.16 Å². The van der Waals surface area contributed by atoms with E-state index >= 15 is 0 Å². The van der Waals surface area contributed by atoms with Gasteiger partial charge in [-0.05, 0) is 47.5 Å². The molecule has 10 heteroatoms. The van der Waals surface area contributed by atoms with Crippen molar-refractivity contribution in [3.8, 4) is 5.75 Å². The van der Waals surface area contributed by atoms with E-state index in [4.69, 9.17) is 21.1 Å². The van der Waals surface area contributed by atoms with Gasteiger partial charge in [0.1, 0.15) is 17.4 Å². The Balaban J connectivity index is 1.28. The van der Waals surface area contributed by atoms with Gasteiger partial charge in [-0.25, -0.2) is 9.67 Å². The molecule has 142 valence electrons. The fourth-order valence-corrected chi connectivity index (χ4v) is 4.41. The van der Waals surface area contributed by atoms with E-state index < -0.39 is 0 Å². The number of hydrogen-bond acceptors (Lipinski definition) is 8. The summed E-state index contributed by atoms with van der Waals surface area (Å²) in [5.41, 5.74) is 0.992. The monoisotopic (exact) mass is 423 g/mol. The van der Waals surface area contributed by atoms with Crippen LogP contribution in [-0.4, -0.2) is 37.9 Å². The van der Waals surface area contributed by atoms with Crippen LogP contribution < -0.4 is 4.74 Å². The zero-order valence-corrected chi connectivity index (χ0v) is 16.8. The van der Waals surface area contributed by atoms with Crippen LogP contribution in [0.3, 0.4) is 0 Å². The molecule has 0 aliphatic carbocycles. The van der Waals surface area contributed by atoms with Crippen LogP contribution in [-0.2, 0) is 23.6 Å². The molecular formula is C17H18ClN5O2S2. The molecule has 2 aromatic heterocycles. The van der Waals surface area contributed by atoms with Gasteiger partial charge >= 0.3 is 0 Å². The van der Waals surface area contributed by atoms with Crippen molar-refractivity contribution in [2.24, 2.45) is 0 Å². The maximum atomic E-state index is 5.88. The Kier molecular flexibility index (Phi) is 6.23. The minimum absolute atomic E-state index is 0.212. The highest BCUT2D eigenvalue weighted by atomic mass is 35.5. The predicted molar refractivity (Wildman–Crippen MR) is 104 cm³/mol. The molecule has 3 heterocycles. The number of rotatable bonds is 8. The maximum absolute atomic E-state index is 5.88. The van der Waals surface area contributed by atoms with Crippen LogP contribution in [0.5, 0.6) is 5.75 Å². The van der Waals surface area contributed by atoms with Crippen LogP contribution in [0, 0.1) is 0 Å². The molecule has 3 aromatic rings. The average molecular weight is 424 g/mol. The summed E-state index contributed by atoms with van der Waals surface area (Å²) in [7, 11) is 0. The van der Waals surface area contributed by atoms with Crippen molar-refractivity contribution in [2.45, 2.75) is 43.0 Å². The molecule has 0 unspecified atom stereocenters. The van der Waals surface area contributed by atoms with Gasteiger partial charge in [-0.2, -0.15) is 0 Å². The van der Waals surface area contributed by atoms with Gasteiger partial charge in [0.05, 0.1) is 18.3 Å². The molecule has 0 amide bonds. The first-order valence-corrected chi connectivity index (χ1v) is 10.8. The highest BCUT2D eigenvalue weighted by Gasteiger charge is 2.19. The largest absolute Gasteiger partial charge is 0.486 e. The van der Waals surface area contributed by atoms with Crippen LogP contribution in [0.2, 0.25) is 5.02 Å². The van der Waals surface area contributed by atoms with Gasteiger partial charge in [0.25, 0.3) is 0 Å². The van der Waals surface area contributed by atoms with Crippen molar-refractivity contribution in [3.05, 3.63) is 45.4 Å². The summed E-state index contributed by atoms with van der Waals surface area (Å²) in [6, 6.07) is 7.31. The number of thioether (sulfide) groups is 1. The Morgan fingerprint density at radius 2 is 2.22 bits per heavy atom. The number of halogens is 1. The second kappa shape index (κ2) is 9.01. The Hall–Kier alpha value is -1.68. The SMILES string of the molecule is Clc1ccc(OCc2nc(CSc3nnnn3C[C@@H]3CCCO3)cs2)cc1. The van der Waals surface area contributed by atoms with Gasteiger partial charge in [-0.3, -0.25) is 0 Å². The van der Waals surface area contributed by atoms with E-state index in [0.717, 1.165) is 41.1 Å². The van der Waals surface area contributed by atoms with E-state index in [0.29, 0.717) is 23.9 Å². The lowest BCUT2D eigenvalue weighted by atomic mass is 10.2. The number of aromatic nitrogens is 5. The van der Waals surface area contributed by atoms with E-state index in [-0.39, 0.29) is 6.10 Å². The fraction of sp³-hybridized carbons (Fsp3) is 0.412. The number of hydrogen-bond donors (Lipinski definition) is 0. The van der Waals surface area contributed by atoms with Crippen molar-refractivity contribution in [1.82, 2.24) is 25.2 Å². The number of benzene rings is 1. The lowest BCUT2D eigenvalue weighted by molar-refractivity contribution is 0.0912. The molecule has 0 bridgehead atoms. The molecule has 1 aromatic carbocycles. The molecule has 0 N–H and O–H groups in total. The molecule has 4 rings (SSSR count). The first-order valence-electron chi connectivity index (χ1n) is 8.58. The first-order chi connectivity index (χ1) is 13.3. The average Bonchev–Trinajstić information content (AvgIpc) is 3.42. The van der Waals surface area contributed by atoms with Crippen molar-refractivity contribution >= 4 is 34.7 Å². The first kappa shape index (κ1) is 18.7. The van der Waals surface area contributed by atoms with Crippen molar-refractivity contribution in [1.29, 1.82) is 0 Å². The highest BCUT2D eigenvalue weighted by Crippen LogP contribution is 2.24. The van der Waals surface area contributed by atoms with Crippen LogP contribution >= 0.6 is 34.7 Å². The second-order valence-corrected chi connectivity index (χ2v) is 8.36. The third kappa shape index (κ3) is 5.19. The summed E-state index contributed by atoms with van der Waals surface area (Å²) < 4.78 is 13.2. The maximum Gasteiger partial charge on any atom is 0.209 e. The third-order valence-electron chi connectivity index (χ3n) is 4.02. The molecule has 1 aliphatic heterocycles. The predicted octanol–water partition coefficient (Wildman–Crippen LogP) is 3.83. The molecule has 1 saturated heterocycles. The summed E-state index contributed by atoms with van der Waals surface area (Å²) in [6.45, 7) is 1.97. The summed E-state index contributed by atoms with van der Waals surface area (Å²) in [6.07, 6.45) is 2.38. The molecule has 27 heavy (non-hydrogen) atoms. The van der Waals surface area contributed by atoms with Crippen molar-refractivity contribution in [3.63, 3.8) is 0 Å². The molecule has 0 saturated carbocycles. The molecular weight excluding hydrogens is 406 g/mol. The van der Waals surface area contributed by atoms with Gasteiger partial charge in [0.15, 0.2) is 0 Å². The van der Waals surface area contributed by atoms with E-state index in [9.17, 15) is 0 Å². The van der Waals surface area contributed by atoms with Gasteiger partial charge in [-0.1, -0.05) is 23.4 Å². The Morgan fingerprint density at radius 3 is 3.04 bits per heavy atom. The van der Waals surface area contributed by atoms with E-state index in [1.54, 1.807) is 23.1 Å². The number of tetrazole rings is 1. The smallest absolute Gasteiger partial charge is 0.209 e. The minimum Gasteiger partial charge on any atom is -0.486 e. The number of thiazole rings is 1. The Bertz CT molecular complexity index is 864. The second-order valence-electron chi connectivity index (χ2n) is 6.04. The molecule has 7 nitrogen and oxygen atoms in total. The fourth-order valence-electron chi connectivity index (χ4n) is 2.69. The highest BCUT2D eigenvalue weighted by molar-refractivity contribution is 7.98. The summed E-state index contributed by atoms with van der Waals surface area (Å²) in [4.78, 5) is 4.62. The van der Waals surface area contributed by atoms with Crippen molar-refractivity contribution in [2.75, 3.05) is 6.61 Å². The Labute approximate surface area is 170 Å². The molecule has 0 spiro atoms. The standard InChI is InChI=1S/C17H18ClN5O2S2/c18-12-3-5-14(6-4-12)25-9-16-19-13(10-26-16)11-27-17-20-21-22-23(17)8-15-2-1-7-24-15/h3-6,10,15H,1-2,7-9,11H2/t15-/m0/s1. The molecule has 1 fully saturated rings.